The van der Waals surface area contributed by atoms with Gasteiger partial charge < -0.3 is 14.4 Å². The first kappa shape index (κ1) is 17.0. The van der Waals surface area contributed by atoms with Crippen LogP contribution in [0.3, 0.4) is 0 Å². The Bertz CT molecular complexity index is 864. The predicted octanol–water partition coefficient (Wildman–Crippen LogP) is 3.93. The van der Waals surface area contributed by atoms with Crippen molar-refractivity contribution in [2.45, 2.75) is 38.4 Å². The summed E-state index contributed by atoms with van der Waals surface area (Å²) in [4.78, 5) is 15.2. The van der Waals surface area contributed by atoms with E-state index in [1.165, 1.54) is 29.5 Å². The Morgan fingerprint density at radius 3 is 2.44 bits per heavy atom. The number of carbonyl (C=O) groups excluding carboxylic acids is 1. The molecule has 1 saturated heterocycles. The molecule has 2 heterocycles. The number of anilines is 1. The minimum Gasteiger partial charge on any atom is -0.338 e. The van der Waals surface area contributed by atoms with E-state index in [0.717, 1.165) is 30.6 Å². The van der Waals surface area contributed by atoms with Crippen molar-refractivity contribution >= 4 is 11.6 Å². The summed E-state index contributed by atoms with van der Waals surface area (Å²) >= 11 is 0. The molecule has 4 heteroatoms. The summed E-state index contributed by atoms with van der Waals surface area (Å²) in [6.45, 7) is 3.99. The van der Waals surface area contributed by atoms with E-state index in [1.807, 2.05) is 4.90 Å². The van der Waals surface area contributed by atoms with Crippen molar-refractivity contribution in [3.8, 4) is 0 Å². The van der Waals surface area contributed by atoms with Gasteiger partial charge in [-0.05, 0) is 61.8 Å². The van der Waals surface area contributed by atoms with Crippen molar-refractivity contribution < 1.29 is 14.3 Å². The molecule has 0 N–H and O–H groups in total. The minimum atomic E-state index is -1.23. The van der Waals surface area contributed by atoms with Crippen LogP contribution in [-0.4, -0.2) is 25.7 Å². The van der Waals surface area contributed by atoms with E-state index in [4.69, 9.17) is 9.47 Å². The molecule has 1 amide bonds. The average Bonchev–Trinajstić information content (AvgIpc) is 3.49. The summed E-state index contributed by atoms with van der Waals surface area (Å²) < 4.78 is 12.0. The van der Waals surface area contributed by atoms with Crippen molar-refractivity contribution in [2.24, 2.45) is 5.92 Å². The van der Waals surface area contributed by atoms with Gasteiger partial charge >= 0.3 is 0 Å². The van der Waals surface area contributed by atoms with E-state index >= 15 is 0 Å². The van der Waals surface area contributed by atoms with Gasteiger partial charge in [-0.15, -0.1) is 0 Å². The first-order valence-electron chi connectivity index (χ1n) is 9.94. The lowest BCUT2D eigenvalue weighted by Crippen LogP contribution is -2.47. The van der Waals surface area contributed by atoms with Gasteiger partial charge in [-0.1, -0.05) is 35.9 Å². The van der Waals surface area contributed by atoms with Gasteiger partial charge in [0.1, 0.15) is 0 Å². The van der Waals surface area contributed by atoms with Crippen LogP contribution >= 0.6 is 0 Å². The summed E-state index contributed by atoms with van der Waals surface area (Å²) in [5, 5.41) is 0. The number of hydrogen-bond acceptors (Lipinski definition) is 3. The fraction of sp³-hybridized carbons (Fsp3) is 0.435. The quantitative estimate of drug-likeness (QED) is 0.826. The van der Waals surface area contributed by atoms with Crippen LogP contribution in [0.1, 0.15) is 41.5 Å². The zero-order valence-electron chi connectivity index (χ0n) is 15.7. The van der Waals surface area contributed by atoms with Crippen LogP contribution in [-0.2, 0) is 26.5 Å². The zero-order valence-corrected chi connectivity index (χ0v) is 15.7. The van der Waals surface area contributed by atoms with Crippen LogP contribution in [0.15, 0.2) is 42.5 Å². The van der Waals surface area contributed by atoms with Crippen LogP contribution in [0.25, 0.3) is 0 Å². The number of fused-ring (bicyclic) bond motifs is 2. The number of ether oxygens (including phenoxy) is 2. The second-order valence-electron chi connectivity index (χ2n) is 8.04. The second kappa shape index (κ2) is 6.47. The maximum Gasteiger partial charge on any atom is 0.292 e. The molecule has 1 spiro atoms. The third-order valence-corrected chi connectivity index (χ3v) is 5.80. The van der Waals surface area contributed by atoms with Crippen LogP contribution in [0.2, 0.25) is 0 Å². The topological polar surface area (TPSA) is 38.8 Å². The first-order chi connectivity index (χ1) is 13.2. The second-order valence-corrected chi connectivity index (χ2v) is 8.04. The van der Waals surface area contributed by atoms with Crippen molar-refractivity contribution in [2.75, 3.05) is 24.7 Å². The predicted molar refractivity (Wildman–Crippen MR) is 104 cm³/mol. The lowest BCUT2D eigenvalue weighted by atomic mass is 9.98. The summed E-state index contributed by atoms with van der Waals surface area (Å²) in [6.07, 6.45) is 4.08. The molecule has 5 rings (SSSR count). The molecule has 140 valence electrons. The van der Waals surface area contributed by atoms with Crippen LogP contribution < -0.4 is 4.90 Å². The summed E-state index contributed by atoms with van der Waals surface area (Å²) in [6, 6.07) is 14.9. The third kappa shape index (κ3) is 2.97. The summed E-state index contributed by atoms with van der Waals surface area (Å²) in [5.74, 6) is -0.657. The van der Waals surface area contributed by atoms with Crippen molar-refractivity contribution in [3.63, 3.8) is 0 Å². The Balaban J connectivity index is 1.51. The fourth-order valence-corrected chi connectivity index (χ4v) is 4.09. The van der Waals surface area contributed by atoms with Gasteiger partial charge in [-0.25, -0.2) is 0 Å². The molecule has 2 fully saturated rings. The molecule has 2 aromatic carbocycles. The largest absolute Gasteiger partial charge is 0.338 e. The first-order valence-corrected chi connectivity index (χ1v) is 9.94. The molecule has 27 heavy (non-hydrogen) atoms. The molecule has 3 aliphatic rings. The number of rotatable bonds is 4. The number of amides is 1. The highest BCUT2D eigenvalue weighted by Gasteiger charge is 2.55. The molecule has 1 aliphatic carbocycles. The molecule has 2 aromatic rings. The maximum absolute atomic E-state index is 13.3. The number of nitrogens with zero attached hydrogens (tertiary/aromatic N) is 1. The smallest absolute Gasteiger partial charge is 0.292 e. The molecule has 1 saturated carbocycles. The SMILES string of the molecule is Cc1ccc(Cc2ccc3c(c2)C2(OCCCO2)C(=O)N3CC2CC2)cc1. The van der Waals surface area contributed by atoms with Crippen molar-refractivity contribution in [1.29, 1.82) is 0 Å². The van der Waals surface area contributed by atoms with Crippen LogP contribution in [0, 0.1) is 12.8 Å². The number of carbonyl (C=O) groups is 1. The molecule has 0 radical (unpaired) electrons. The lowest BCUT2D eigenvalue weighted by molar-refractivity contribution is -0.256. The van der Waals surface area contributed by atoms with Crippen molar-refractivity contribution in [1.82, 2.24) is 0 Å². The zero-order chi connectivity index (χ0) is 18.4. The van der Waals surface area contributed by atoms with E-state index in [2.05, 4.69) is 49.4 Å². The number of hydrogen-bond donors (Lipinski definition) is 0. The van der Waals surface area contributed by atoms with Gasteiger partial charge in [0.25, 0.3) is 11.7 Å². The summed E-state index contributed by atoms with van der Waals surface area (Å²) in [7, 11) is 0. The number of benzene rings is 2. The molecule has 2 aliphatic heterocycles. The van der Waals surface area contributed by atoms with E-state index in [1.54, 1.807) is 0 Å². The standard InChI is InChI=1S/C23H25NO3/c1-16-3-5-17(6-4-16)13-19-9-10-21-20(14-19)23(26-11-2-12-27-23)22(25)24(21)15-18-7-8-18/h3-6,9-10,14,18H,2,7-8,11-13,15H2,1H3. The van der Waals surface area contributed by atoms with Gasteiger partial charge in [-0.2, -0.15) is 0 Å². The molecule has 0 unspecified atom stereocenters. The highest BCUT2D eigenvalue weighted by molar-refractivity contribution is 6.06. The highest BCUT2D eigenvalue weighted by atomic mass is 16.7. The normalized spacial score (nSPS) is 20.9. The Labute approximate surface area is 160 Å². The van der Waals surface area contributed by atoms with E-state index < -0.39 is 5.79 Å². The molecule has 4 nitrogen and oxygen atoms in total. The van der Waals surface area contributed by atoms with Gasteiger partial charge in [0.05, 0.1) is 18.9 Å². The number of aryl methyl sites for hydroxylation is 1. The lowest BCUT2D eigenvalue weighted by Gasteiger charge is -2.32. The Morgan fingerprint density at radius 2 is 1.74 bits per heavy atom. The van der Waals surface area contributed by atoms with Gasteiger partial charge in [0, 0.05) is 12.1 Å². The maximum atomic E-state index is 13.3. The van der Waals surface area contributed by atoms with E-state index in [-0.39, 0.29) is 5.91 Å². The van der Waals surface area contributed by atoms with Crippen LogP contribution in [0.5, 0.6) is 0 Å². The van der Waals surface area contributed by atoms with E-state index in [9.17, 15) is 4.79 Å². The molecule has 0 atom stereocenters. The highest BCUT2D eigenvalue weighted by Crippen LogP contribution is 2.47. The van der Waals surface area contributed by atoms with Gasteiger partial charge in [0.15, 0.2) is 0 Å². The third-order valence-electron chi connectivity index (χ3n) is 5.80. The molecular weight excluding hydrogens is 338 g/mol. The van der Waals surface area contributed by atoms with Crippen LogP contribution in [0.4, 0.5) is 5.69 Å². The fourth-order valence-electron chi connectivity index (χ4n) is 4.09. The summed E-state index contributed by atoms with van der Waals surface area (Å²) in [5.41, 5.74) is 5.55. The van der Waals surface area contributed by atoms with Crippen molar-refractivity contribution in [3.05, 3.63) is 64.7 Å². The Hall–Kier alpha value is -2.17. The Kier molecular flexibility index (Phi) is 4.06. The van der Waals surface area contributed by atoms with E-state index in [0.29, 0.717) is 19.1 Å². The monoisotopic (exact) mass is 363 g/mol. The Morgan fingerprint density at radius 1 is 1.04 bits per heavy atom. The molecule has 0 bridgehead atoms. The molecular formula is C23H25NO3. The minimum absolute atomic E-state index is 0.0448. The molecule has 0 aromatic heterocycles. The average molecular weight is 363 g/mol. The van der Waals surface area contributed by atoms with Gasteiger partial charge in [-0.3, -0.25) is 4.79 Å². The van der Waals surface area contributed by atoms with Gasteiger partial charge in [0.2, 0.25) is 0 Å².